The molecule has 1 saturated heterocycles. The highest BCUT2D eigenvalue weighted by Gasteiger charge is 2.31. The molecule has 26 heavy (non-hydrogen) atoms. The average molecular weight is 355 g/mol. The number of aromatic carboxylic acids is 1. The summed E-state index contributed by atoms with van der Waals surface area (Å²) in [6, 6.07) is 3.24. The summed E-state index contributed by atoms with van der Waals surface area (Å²) in [5.74, 6) is -1.98. The third kappa shape index (κ3) is 2.53. The first-order valence-corrected chi connectivity index (χ1v) is 8.82. The average Bonchev–Trinajstić information content (AvgIpc) is 3.47. The van der Waals surface area contributed by atoms with Gasteiger partial charge in [0.1, 0.15) is 23.0 Å². The lowest BCUT2D eigenvalue weighted by Gasteiger charge is -2.30. The van der Waals surface area contributed by atoms with Crippen LogP contribution in [0.2, 0.25) is 0 Å². The number of hydrogen-bond donors (Lipinski definition) is 1. The number of fused-ring (bicyclic) bond motifs is 1. The molecule has 2 aliphatic rings. The Kier molecular flexibility index (Phi) is 3.91. The van der Waals surface area contributed by atoms with Gasteiger partial charge < -0.3 is 14.6 Å². The number of benzene rings is 1. The van der Waals surface area contributed by atoms with Crippen molar-refractivity contribution in [1.29, 1.82) is 5.26 Å². The number of carboxylic acid groups (broad SMARTS) is 1. The molecule has 0 unspecified atom stereocenters. The molecule has 0 atom stereocenters. The monoisotopic (exact) mass is 355 g/mol. The van der Waals surface area contributed by atoms with Crippen molar-refractivity contribution in [2.24, 2.45) is 0 Å². The summed E-state index contributed by atoms with van der Waals surface area (Å²) in [5, 5.41) is 19.1. The lowest BCUT2D eigenvalue weighted by molar-refractivity contribution is 0.0695. The summed E-state index contributed by atoms with van der Waals surface area (Å²) in [7, 11) is 0. The number of piperidine rings is 1. The van der Waals surface area contributed by atoms with Crippen LogP contribution in [0.15, 0.2) is 17.1 Å². The highest BCUT2D eigenvalue weighted by atomic mass is 19.1. The molecule has 1 aliphatic heterocycles. The van der Waals surface area contributed by atoms with Crippen molar-refractivity contribution in [3.05, 3.63) is 39.4 Å². The lowest BCUT2D eigenvalue weighted by Crippen LogP contribution is -2.31. The van der Waals surface area contributed by atoms with E-state index < -0.39 is 22.8 Å². The summed E-state index contributed by atoms with van der Waals surface area (Å²) in [4.78, 5) is 25.9. The summed E-state index contributed by atoms with van der Waals surface area (Å²) >= 11 is 0. The molecule has 1 aromatic carbocycles. The van der Waals surface area contributed by atoms with Crippen LogP contribution >= 0.6 is 0 Å². The fourth-order valence-electron chi connectivity index (χ4n) is 3.80. The number of halogens is 1. The van der Waals surface area contributed by atoms with Crippen molar-refractivity contribution >= 4 is 22.6 Å². The Bertz CT molecular complexity index is 1010. The Morgan fingerprint density at radius 3 is 2.54 bits per heavy atom. The van der Waals surface area contributed by atoms with Crippen LogP contribution in [0.5, 0.6) is 0 Å². The number of anilines is 1. The zero-order valence-electron chi connectivity index (χ0n) is 14.2. The molecule has 1 saturated carbocycles. The van der Waals surface area contributed by atoms with E-state index in [2.05, 4.69) is 6.07 Å². The Morgan fingerprint density at radius 1 is 1.27 bits per heavy atom. The first kappa shape index (κ1) is 16.6. The Hall–Kier alpha value is -2.88. The molecule has 1 aliphatic carbocycles. The van der Waals surface area contributed by atoms with Gasteiger partial charge in [-0.25, -0.2) is 9.18 Å². The van der Waals surface area contributed by atoms with Gasteiger partial charge in [-0.05, 0) is 38.2 Å². The number of nitriles is 1. The summed E-state index contributed by atoms with van der Waals surface area (Å²) in [6.07, 6.45) is 5.92. The molecule has 0 radical (unpaired) electrons. The van der Waals surface area contributed by atoms with Gasteiger partial charge >= 0.3 is 5.97 Å². The van der Waals surface area contributed by atoms with E-state index in [1.807, 2.05) is 4.90 Å². The maximum atomic E-state index is 14.9. The van der Waals surface area contributed by atoms with Crippen molar-refractivity contribution < 1.29 is 14.3 Å². The topological polar surface area (TPSA) is 86.3 Å². The normalized spacial score (nSPS) is 17.3. The second-order valence-corrected chi connectivity index (χ2v) is 6.95. The van der Waals surface area contributed by atoms with Crippen LogP contribution in [-0.2, 0) is 0 Å². The van der Waals surface area contributed by atoms with Gasteiger partial charge in [-0.1, -0.05) is 0 Å². The molecule has 6 nitrogen and oxygen atoms in total. The molecule has 2 fully saturated rings. The van der Waals surface area contributed by atoms with Crippen molar-refractivity contribution in [2.75, 3.05) is 18.0 Å². The largest absolute Gasteiger partial charge is 0.477 e. The molecule has 4 rings (SSSR count). The zero-order valence-corrected chi connectivity index (χ0v) is 14.2. The molecule has 0 amide bonds. The van der Waals surface area contributed by atoms with E-state index in [4.69, 9.17) is 0 Å². The molecular weight excluding hydrogens is 337 g/mol. The zero-order chi connectivity index (χ0) is 18.4. The Balaban J connectivity index is 2.08. The molecule has 7 heteroatoms. The van der Waals surface area contributed by atoms with Crippen LogP contribution < -0.4 is 10.3 Å². The number of nitrogens with zero attached hydrogens (tertiary/aromatic N) is 3. The van der Waals surface area contributed by atoms with E-state index in [0.29, 0.717) is 18.6 Å². The highest BCUT2D eigenvalue weighted by molar-refractivity contribution is 5.96. The molecular formula is C19H18FN3O3. The number of aromatic nitrogens is 1. The van der Waals surface area contributed by atoms with Crippen LogP contribution in [0.4, 0.5) is 10.1 Å². The van der Waals surface area contributed by atoms with Gasteiger partial charge in [-0.2, -0.15) is 5.26 Å². The van der Waals surface area contributed by atoms with Gasteiger partial charge in [0, 0.05) is 25.3 Å². The molecule has 1 aromatic heterocycles. The molecule has 2 aromatic rings. The fraction of sp³-hybridized carbons (Fsp3) is 0.421. The van der Waals surface area contributed by atoms with E-state index in [0.717, 1.165) is 38.2 Å². The smallest absolute Gasteiger partial charge is 0.341 e. The van der Waals surface area contributed by atoms with E-state index in [1.54, 1.807) is 4.57 Å². The van der Waals surface area contributed by atoms with E-state index >= 15 is 0 Å². The first-order valence-electron chi connectivity index (χ1n) is 8.82. The minimum Gasteiger partial charge on any atom is -0.477 e. The molecule has 0 bridgehead atoms. The Morgan fingerprint density at radius 2 is 1.96 bits per heavy atom. The predicted octanol–water partition coefficient (Wildman–Crippen LogP) is 3.04. The van der Waals surface area contributed by atoms with E-state index in [-0.39, 0.29) is 22.7 Å². The van der Waals surface area contributed by atoms with Crippen molar-refractivity contribution in [3.63, 3.8) is 0 Å². The quantitative estimate of drug-likeness (QED) is 0.914. The Labute approximate surface area is 149 Å². The maximum Gasteiger partial charge on any atom is 0.341 e. The van der Waals surface area contributed by atoms with Crippen molar-refractivity contribution in [1.82, 2.24) is 4.57 Å². The van der Waals surface area contributed by atoms with Crippen LogP contribution in [0.1, 0.15) is 54.1 Å². The number of carboxylic acids is 1. The first-order chi connectivity index (χ1) is 12.5. The molecule has 2 heterocycles. The number of hydrogen-bond acceptors (Lipinski definition) is 4. The standard InChI is InChI=1S/C19H18FN3O3/c20-15-8-12-16(13(9-21)17(15)22-6-2-1-3-7-22)23(11-4-5-11)10-14(18(12)24)19(25)26/h8,10-11H,1-7H2,(H,25,26). The summed E-state index contributed by atoms with van der Waals surface area (Å²) in [5.41, 5.74) is -0.421. The molecule has 0 spiro atoms. The third-order valence-corrected chi connectivity index (χ3v) is 5.20. The van der Waals surface area contributed by atoms with Gasteiger partial charge in [0.2, 0.25) is 5.43 Å². The number of carbonyl (C=O) groups is 1. The van der Waals surface area contributed by atoms with Crippen LogP contribution in [0.25, 0.3) is 10.9 Å². The summed E-state index contributed by atoms with van der Waals surface area (Å²) in [6.45, 7) is 1.33. The number of pyridine rings is 1. The lowest BCUT2D eigenvalue weighted by atomic mass is 10.0. The van der Waals surface area contributed by atoms with Gasteiger partial charge in [-0.15, -0.1) is 0 Å². The van der Waals surface area contributed by atoms with Crippen LogP contribution in [0, 0.1) is 17.1 Å². The summed E-state index contributed by atoms with van der Waals surface area (Å²) < 4.78 is 16.6. The number of rotatable bonds is 3. The van der Waals surface area contributed by atoms with E-state index in [9.17, 15) is 24.3 Å². The molecule has 134 valence electrons. The van der Waals surface area contributed by atoms with Crippen molar-refractivity contribution in [3.8, 4) is 6.07 Å². The van der Waals surface area contributed by atoms with Crippen LogP contribution in [0.3, 0.4) is 0 Å². The second-order valence-electron chi connectivity index (χ2n) is 6.95. The molecule has 1 N–H and O–H groups in total. The van der Waals surface area contributed by atoms with Gasteiger partial charge in [0.25, 0.3) is 0 Å². The third-order valence-electron chi connectivity index (χ3n) is 5.20. The fourth-order valence-corrected chi connectivity index (χ4v) is 3.80. The maximum absolute atomic E-state index is 14.9. The minimum atomic E-state index is -1.34. The minimum absolute atomic E-state index is 0.0355. The predicted molar refractivity (Wildman–Crippen MR) is 94.2 cm³/mol. The van der Waals surface area contributed by atoms with Crippen LogP contribution in [-0.4, -0.2) is 28.7 Å². The SMILES string of the molecule is N#Cc1c(N2CCCCC2)c(F)cc2c(=O)c(C(=O)O)cn(C3CC3)c12. The highest BCUT2D eigenvalue weighted by Crippen LogP contribution is 2.40. The van der Waals surface area contributed by atoms with Crippen molar-refractivity contribution in [2.45, 2.75) is 38.1 Å². The second kappa shape index (κ2) is 6.13. The van der Waals surface area contributed by atoms with Gasteiger partial charge in [0.15, 0.2) is 0 Å². The van der Waals surface area contributed by atoms with Gasteiger partial charge in [-0.3, -0.25) is 4.79 Å². The van der Waals surface area contributed by atoms with Gasteiger partial charge in [0.05, 0.1) is 16.6 Å². The van der Waals surface area contributed by atoms with E-state index in [1.165, 1.54) is 6.20 Å².